The van der Waals surface area contributed by atoms with Gasteiger partial charge in [-0.2, -0.15) is 0 Å². The van der Waals surface area contributed by atoms with E-state index < -0.39 is 42.5 Å². The summed E-state index contributed by atoms with van der Waals surface area (Å²) in [5.74, 6) is -3.81. The van der Waals surface area contributed by atoms with Crippen LogP contribution >= 0.6 is 0 Å². The van der Waals surface area contributed by atoms with Crippen LogP contribution in [0.4, 0.5) is 13.6 Å². The number of hydrogen-bond acceptors (Lipinski definition) is 4. The van der Waals surface area contributed by atoms with Gasteiger partial charge in [0, 0.05) is 19.4 Å². The van der Waals surface area contributed by atoms with Gasteiger partial charge in [0.25, 0.3) is 5.92 Å². The highest BCUT2D eigenvalue weighted by molar-refractivity contribution is 5.97. The molecule has 22 heavy (non-hydrogen) atoms. The van der Waals surface area contributed by atoms with Crippen LogP contribution < -0.4 is 0 Å². The molecule has 2 amide bonds. The minimum absolute atomic E-state index is 0.0708. The molecule has 0 saturated carbocycles. The first-order valence-electron chi connectivity index (χ1n) is 7.16. The van der Waals surface area contributed by atoms with E-state index in [2.05, 4.69) is 0 Å². The predicted molar refractivity (Wildman–Crippen MR) is 72.5 cm³/mol. The van der Waals surface area contributed by atoms with Crippen LogP contribution in [0.1, 0.15) is 33.6 Å². The molecule has 0 radical (unpaired) electrons. The van der Waals surface area contributed by atoms with Crippen molar-refractivity contribution in [1.29, 1.82) is 0 Å². The Balaban J connectivity index is 2.09. The fourth-order valence-electron chi connectivity index (χ4n) is 2.56. The predicted octanol–water partition coefficient (Wildman–Crippen LogP) is 1.43. The molecular weight excluding hydrogens is 298 g/mol. The van der Waals surface area contributed by atoms with Crippen molar-refractivity contribution in [2.75, 3.05) is 19.6 Å². The molecule has 8 heteroatoms. The van der Waals surface area contributed by atoms with Crippen molar-refractivity contribution in [3.8, 4) is 0 Å². The van der Waals surface area contributed by atoms with Gasteiger partial charge in [0.15, 0.2) is 5.78 Å². The Morgan fingerprint density at radius 1 is 1.32 bits per heavy atom. The van der Waals surface area contributed by atoms with E-state index in [1.807, 2.05) is 0 Å². The fraction of sp³-hybridized carbons (Fsp3) is 0.786. The summed E-state index contributed by atoms with van der Waals surface area (Å²) in [6.45, 7) is 4.04. The fourth-order valence-corrected chi connectivity index (χ4v) is 2.56. The molecule has 0 aliphatic carbocycles. The minimum atomic E-state index is -2.91. The molecule has 0 N–H and O–H groups in total. The van der Waals surface area contributed by atoms with E-state index in [9.17, 15) is 23.2 Å². The molecule has 2 saturated heterocycles. The number of ketones is 1. The highest BCUT2D eigenvalue weighted by Gasteiger charge is 2.47. The zero-order valence-electron chi connectivity index (χ0n) is 12.9. The van der Waals surface area contributed by atoms with E-state index in [4.69, 9.17) is 4.74 Å². The van der Waals surface area contributed by atoms with E-state index >= 15 is 0 Å². The lowest BCUT2D eigenvalue weighted by molar-refractivity contribution is -0.136. The molecule has 0 aromatic carbocycles. The van der Waals surface area contributed by atoms with Crippen molar-refractivity contribution in [1.82, 2.24) is 9.80 Å². The maximum absolute atomic E-state index is 13.2. The average Bonchev–Trinajstić information content (AvgIpc) is 2.89. The molecule has 2 aliphatic rings. The van der Waals surface area contributed by atoms with Gasteiger partial charge in [-0.15, -0.1) is 0 Å². The van der Waals surface area contributed by atoms with E-state index in [1.165, 1.54) is 0 Å². The van der Waals surface area contributed by atoms with Gasteiger partial charge in [-0.05, 0) is 20.8 Å². The first kappa shape index (κ1) is 16.6. The van der Waals surface area contributed by atoms with Gasteiger partial charge in [-0.1, -0.05) is 0 Å². The van der Waals surface area contributed by atoms with Gasteiger partial charge in [0.05, 0.1) is 13.1 Å². The molecule has 2 aliphatic heterocycles. The molecule has 2 fully saturated rings. The molecule has 2 heterocycles. The summed E-state index contributed by atoms with van der Waals surface area (Å²) in [5.41, 5.74) is -0.767. The topological polar surface area (TPSA) is 66.9 Å². The second-order valence-corrected chi connectivity index (χ2v) is 6.73. The molecule has 124 valence electrons. The van der Waals surface area contributed by atoms with Crippen LogP contribution in [-0.4, -0.2) is 64.8 Å². The number of amides is 2. The summed E-state index contributed by atoms with van der Waals surface area (Å²) in [6.07, 6.45) is -1.32. The molecule has 0 aromatic rings. The van der Waals surface area contributed by atoms with Crippen molar-refractivity contribution in [3.05, 3.63) is 0 Å². The van der Waals surface area contributed by atoms with Crippen molar-refractivity contribution >= 4 is 17.8 Å². The number of carbonyl (C=O) groups excluding carboxylic acids is 3. The number of Topliss-reactive ketones (excluding diaryl/α,β-unsaturated/α-hetero) is 1. The van der Waals surface area contributed by atoms with E-state index in [-0.39, 0.29) is 25.3 Å². The number of nitrogens with zero attached hydrogens (tertiary/aromatic N) is 2. The normalized spacial score (nSPS) is 24.8. The number of ether oxygens (including phenoxy) is 1. The lowest BCUT2D eigenvalue weighted by Crippen LogP contribution is -2.48. The number of hydrogen-bond donors (Lipinski definition) is 0. The van der Waals surface area contributed by atoms with Crippen LogP contribution in [-0.2, 0) is 14.3 Å². The second kappa shape index (κ2) is 5.48. The van der Waals surface area contributed by atoms with Gasteiger partial charge >= 0.3 is 6.09 Å². The van der Waals surface area contributed by atoms with Crippen LogP contribution in [0.5, 0.6) is 0 Å². The first-order chi connectivity index (χ1) is 9.98. The third-order valence-electron chi connectivity index (χ3n) is 3.54. The smallest absolute Gasteiger partial charge is 0.411 e. The molecule has 2 rings (SSSR count). The highest BCUT2D eigenvalue weighted by atomic mass is 19.3. The van der Waals surface area contributed by atoms with Crippen molar-refractivity contribution in [2.45, 2.75) is 51.2 Å². The van der Waals surface area contributed by atoms with Crippen LogP contribution in [0.3, 0.4) is 0 Å². The first-order valence-corrected chi connectivity index (χ1v) is 7.16. The van der Waals surface area contributed by atoms with Gasteiger partial charge in [0.1, 0.15) is 11.6 Å². The van der Waals surface area contributed by atoms with E-state index in [0.717, 1.165) is 9.80 Å². The van der Waals surface area contributed by atoms with Crippen LogP contribution in [0, 0.1) is 0 Å². The third-order valence-corrected chi connectivity index (χ3v) is 3.54. The van der Waals surface area contributed by atoms with Crippen LogP contribution in [0.25, 0.3) is 0 Å². The maximum Gasteiger partial charge on any atom is 0.411 e. The Morgan fingerprint density at radius 3 is 2.45 bits per heavy atom. The summed E-state index contributed by atoms with van der Waals surface area (Å²) in [4.78, 5) is 38.1. The number of likely N-dealkylation sites (tertiary alicyclic amines) is 2. The quantitative estimate of drug-likeness (QED) is 0.733. The van der Waals surface area contributed by atoms with Gasteiger partial charge in [-0.25, -0.2) is 13.6 Å². The summed E-state index contributed by atoms with van der Waals surface area (Å²) >= 11 is 0. The number of alkyl halides is 2. The van der Waals surface area contributed by atoms with Crippen LogP contribution in [0.15, 0.2) is 0 Å². The van der Waals surface area contributed by atoms with E-state index in [1.54, 1.807) is 20.8 Å². The zero-order chi connectivity index (χ0) is 16.7. The number of carbonyl (C=O) groups is 3. The van der Waals surface area contributed by atoms with Gasteiger partial charge in [0.2, 0.25) is 5.91 Å². The summed E-state index contributed by atoms with van der Waals surface area (Å²) in [7, 11) is 0. The SMILES string of the molecule is CC(C)(C)OC(=O)N1CC(=O)CC1C(=O)N1CCC(F)(F)C1. The number of halogens is 2. The van der Waals surface area contributed by atoms with Gasteiger partial charge in [-0.3, -0.25) is 14.5 Å². The standard InChI is InChI=1S/C14H20F2N2O4/c1-13(2,3)22-12(21)18-7-9(19)6-10(18)11(20)17-5-4-14(15,16)8-17/h10H,4-8H2,1-3H3. The lowest BCUT2D eigenvalue weighted by Gasteiger charge is -2.29. The zero-order valence-corrected chi connectivity index (χ0v) is 12.9. The molecule has 0 bridgehead atoms. The maximum atomic E-state index is 13.2. The molecule has 0 aromatic heterocycles. The Bertz CT molecular complexity index is 502. The Labute approximate surface area is 127 Å². The Kier molecular flexibility index (Phi) is 4.14. The molecule has 1 atom stereocenters. The van der Waals surface area contributed by atoms with Crippen LogP contribution in [0.2, 0.25) is 0 Å². The highest BCUT2D eigenvalue weighted by Crippen LogP contribution is 2.29. The minimum Gasteiger partial charge on any atom is -0.444 e. The Hall–Kier alpha value is -1.73. The monoisotopic (exact) mass is 318 g/mol. The summed E-state index contributed by atoms with van der Waals surface area (Å²) in [6, 6.07) is -1.05. The molecule has 6 nitrogen and oxygen atoms in total. The molecule has 0 spiro atoms. The van der Waals surface area contributed by atoms with Crippen molar-refractivity contribution in [3.63, 3.8) is 0 Å². The Morgan fingerprint density at radius 2 is 1.95 bits per heavy atom. The average molecular weight is 318 g/mol. The molecule has 1 unspecified atom stereocenters. The largest absolute Gasteiger partial charge is 0.444 e. The lowest BCUT2D eigenvalue weighted by atomic mass is 10.2. The molecular formula is C14H20F2N2O4. The third kappa shape index (κ3) is 3.72. The van der Waals surface area contributed by atoms with Crippen molar-refractivity contribution < 1.29 is 27.9 Å². The van der Waals surface area contributed by atoms with E-state index in [0.29, 0.717) is 0 Å². The summed E-state index contributed by atoms with van der Waals surface area (Å²) < 4.78 is 31.6. The van der Waals surface area contributed by atoms with Gasteiger partial charge < -0.3 is 9.64 Å². The number of rotatable bonds is 1. The van der Waals surface area contributed by atoms with Crippen molar-refractivity contribution in [2.24, 2.45) is 0 Å². The second-order valence-electron chi connectivity index (χ2n) is 6.73. The summed E-state index contributed by atoms with van der Waals surface area (Å²) in [5, 5.41) is 0.